The molecule has 0 aromatic carbocycles. The van der Waals surface area contributed by atoms with Gasteiger partial charge in [-0.25, -0.2) is 0 Å². The third-order valence-corrected chi connectivity index (χ3v) is 5.19. The van der Waals surface area contributed by atoms with Crippen LogP contribution < -0.4 is 5.32 Å². The topological polar surface area (TPSA) is 21.3 Å². The maximum Gasteiger partial charge on any atom is 0.0493 e. The number of ether oxygens (including phenoxy) is 1. The highest BCUT2D eigenvalue weighted by Gasteiger charge is 2.55. The molecule has 0 saturated heterocycles. The second-order valence-corrected chi connectivity index (χ2v) is 6.54. The largest absolute Gasteiger partial charge is 0.384 e. The molecule has 3 aliphatic rings. The first-order valence-corrected chi connectivity index (χ1v) is 6.96. The van der Waals surface area contributed by atoms with Crippen molar-refractivity contribution >= 4 is 0 Å². The lowest BCUT2D eigenvalue weighted by Gasteiger charge is -2.37. The van der Waals surface area contributed by atoms with Crippen LogP contribution in [0.15, 0.2) is 0 Å². The van der Waals surface area contributed by atoms with Crippen LogP contribution in [0.3, 0.4) is 0 Å². The molecule has 92 valence electrons. The van der Waals surface area contributed by atoms with Crippen LogP contribution in [-0.2, 0) is 4.74 Å². The van der Waals surface area contributed by atoms with Gasteiger partial charge in [-0.2, -0.15) is 0 Å². The Kier molecular flexibility index (Phi) is 2.75. The van der Waals surface area contributed by atoms with Gasteiger partial charge in [0.15, 0.2) is 0 Å². The fraction of sp³-hybridized carbons (Fsp3) is 1.00. The molecule has 3 saturated carbocycles. The SMILES string of the molecule is COCC(C)C1(CNC2CC2)CC2CC2C1. The molecular formula is C14H25NO. The van der Waals surface area contributed by atoms with E-state index in [0.717, 1.165) is 30.4 Å². The molecule has 3 atom stereocenters. The highest BCUT2D eigenvalue weighted by Crippen LogP contribution is 2.62. The van der Waals surface area contributed by atoms with Gasteiger partial charge < -0.3 is 10.1 Å². The van der Waals surface area contributed by atoms with Crippen LogP contribution in [0.2, 0.25) is 0 Å². The molecule has 3 unspecified atom stereocenters. The first-order valence-electron chi connectivity index (χ1n) is 6.96. The van der Waals surface area contributed by atoms with Crippen LogP contribution in [0.25, 0.3) is 0 Å². The zero-order valence-corrected chi connectivity index (χ0v) is 10.7. The van der Waals surface area contributed by atoms with Gasteiger partial charge in [0.1, 0.15) is 0 Å². The zero-order chi connectivity index (χ0) is 11.2. The Hall–Kier alpha value is -0.0800. The van der Waals surface area contributed by atoms with Gasteiger partial charge in [0.05, 0.1) is 0 Å². The lowest BCUT2D eigenvalue weighted by molar-refractivity contribution is 0.0634. The average molecular weight is 223 g/mol. The standard InChI is InChI=1S/C14H25NO/c1-10(8-16-2)14(9-15-13-3-4-13)6-11-5-12(11)7-14/h10-13,15H,3-9H2,1-2H3. The smallest absolute Gasteiger partial charge is 0.0493 e. The third-order valence-electron chi connectivity index (χ3n) is 5.19. The Morgan fingerprint density at radius 1 is 1.31 bits per heavy atom. The molecule has 0 heterocycles. The summed E-state index contributed by atoms with van der Waals surface area (Å²) in [6.07, 6.45) is 7.25. The van der Waals surface area contributed by atoms with Crippen molar-refractivity contribution in [2.45, 2.75) is 45.1 Å². The molecule has 3 rings (SSSR count). The van der Waals surface area contributed by atoms with Gasteiger partial charge in [-0.05, 0) is 55.3 Å². The van der Waals surface area contributed by atoms with Gasteiger partial charge in [0.2, 0.25) is 0 Å². The monoisotopic (exact) mass is 223 g/mol. The molecule has 2 nitrogen and oxygen atoms in total. The van der Waals surface area contributed by atoms with Crippen molar-refractivity contribution in [3.05, 3.63) is 0 Å². The second-order valence-electron chi connectivity index (χ2n) is 6.54. The van der Waals surface area contributed by atoms with Gasteiger partial charge in [-0.3, -0.25) is 0 Å². The Labute approximate surface area is 99.1 Å². The van der Waals surface area contributed by atoms with E-state index in [0.29, 0.717) is 5.41 Å². The molecule has 1 N–H and O–H groups in total. The summed E-state index contributed by atoms with van der Waals surface area (Å²) in [6.45, 7) is 4.57. The minimum absolute atomic E-state index is 0.562. The summed E-state index contributed by atoms with van der Waals surface area (Å²) in [7, 11) is 1.84. The van der Waals surface area contributed by atoms with E-state index in [1.165, 1.54) is 38.6 Å². The van der Waals surface area contributed by atoms with Gasteiger partial charge >= 0.3 is 0 Å². The molecule has 3 aliphatic carbocycles. The quantitative estimate of drug-likeness (QED) is 0.747. The minimum atomic E-state index is 0.562. The Balaban J connectivity index is 1.61. The van der Waals surface area contributed by atoms with Crippen LogP contribution in [-0.4, -0.2) is 26.3 Å². The fourth-order valence-corrected chi connectivity index (χ4v) is 3.72. The molecule has 16 heavy (non-hydrogen) atoms. The number of hydrogen-bond donors (Lipinski definition) is 1. The third kappa shape index (κ3) is 2.02. The van der Waals surface area contributed by atoms with E-state index in [4.69, 9.17) is 4.74 Å². The highest BCUT2D eigenvalue weighted by molar-refractivity contribution is 5.06. The van der Waals surface area contributed by atoms with Gasteiger partial charge in [-0.15, -0.1) is 0 Å². The van der Waals surface area contributed by atoms with Crippen LogP contribution in [0.5, 0.6) is 0 Å². The van der Waals surface area contributed by atoms with Crippen molar-refractivity contribution in [2.75, 3.05) is 20.3 Å². The molecular weight excluding hydrogens is 198 g/mol. The second kappa shape index (κ2) is 3.99. The van der Waals surface area contributed by atoms with Crippen molar-refractivity contribution in [3.63, 3.8) is 0 Å². The molecule has 0 aliphatic heterocycles. The minimum Gasteiger partial charge on any atom is -0.384 e. The van der Waals surface area contributed by atoms with E-state index < -0.39 is 0 Å². The molecule has 2 heteroatoms. The summed E-state index contributed by atoms with van der Waals surface area (Å²) in [4.78, 5) is 0. The number of nitrogens with one attached hydrogen (secondary N) is 1. The number of methoxy groups -OCH3 is 1. The average Bonchev–Trinajstić information content (AvgIpc) is 3.17. The number of rotatable bonds is 6. The summed E-state index contributed by atoms with van der Waals surface area (Å²) in [5.41, 5.74) is 0.562. The van der Waals surface area contributed by atoms with Crippen molar-refractivity contribution in [1.29, 1.82) is 0 Å². The van der Waals surface area contributed by atoms with Crippen molar-refractivity contribution < 1.29 is 4.74 Å². The van der Waals surface area contributed by atoms with Crippen molar-refractivity contribution in [1.82, 2.24) is 5.32 Å². The molecule has 0 amide bonds. The van der Waals surface area contributed by atoms with Crippen LogP contribution in [0.1, 0.15) is 39.0 Å². The Morgan fingerprint density at radius 3 is 2.56 bits per heavy atom. The number of fused-ring (bicyclic) bond motifs is 1. The molecule has 0 aromatic heterocycles. The summed E-state index contributed by atoms with van der Waals surface area (Å²) in [6, 6.07) is 0.851. The maximum absolute atomic E-state index is 5.39. The molecule has 0 radical (unpaired) electrons. The summed E-state index contributed by atoms with van der Waals surface area (Å²) >= 11 is 0. The molecule has 0 aromatic rings. The van der Waals surface area contributed by atoms with Crippen molar-refractivity contribution in [3.8, 4) is 0 Å². The summed E-state index contributed by atoms with van der Waals surface area (Å²) in [5, 5.41) is 3.76. The number of hydrogen-bond acceptors (Lipinski definition) is 2. The Bertz CT molecular complexity index is 251. The maximum atomic E-state index is 5.39. The molecule has 3 fully saturated rings. The molecule has 0 spiro atoms. The van der Waals surface area contributed by atoms with E-state index in [1.807, 2.05) is 7.11 Å². The highest BCUT2D eigenvalue weighted by atomic mass is 16.5. The first-order chi connectivity index (χ1) is 7.73. The van der Waals surface area contributed by atoms with Crippen LogP contribution in [0, 0.1) is 23.2 Å². The van der Waals surface area contributed by atoms with Crippen LogP contribution >= 0.6 is 0 Å². The predicted octanol–water partition coefficient (Wildman–Crippen LogP) is 2.44. The Morgan fingerprint density at radius 2 is 2.00 bits per heavy atom. The first kappa shape index (κ1) is 11.0. The summed E-state index contributed by atoms with van der Waals surface area (Å²) < 4.78 is 5.39. The molecule has 0 bridgehead atoms. The normalized spacial score (nSPS) is 43.1. The van der Waals surface area contributed by atoms with Gasteiger partial charge in [0.25, 0.3) is 0 Å². The van der Waals surface area contributed by atoms with E-state index in [1.54, 1.807) is 0 Å². The van der Waals surface area contributed by atoms with E-state index in [2.05, 4.69) is 12.2 Å². The predicted molar refractivity (Wildman–Crippen MR) is 65.3 cm³/mol. The van der Waals surface area contributed by atoms with Gasteiger partial charge in [0, 0.05) is 26.3 Å². The van der Waals surface area contributed by atoms with E-state index >= 15 is 0 Å². The van der Waals surface area contributed by atoms with Crippen LogP contribution in [0.4, 0.5) is 0 Å². The van der Waals surface area contributed by atoms with Gasteiger partial charge in [-0.1, -0.05) is 6.92 Å². The fourth-order valence-electron chi connectivity index (χ4n) is 3.72. The van der Waals surface area contributed by atoms with E-state index in [9.17, 15) is 0 Å². The zero-order valence-electron chi connectivity index (χ0n) is 10.7. The lowest BCUT2D eigenvalue weighted by Crippen LogP contribution is -2.41. The van der Waals surface area contributed by atoms with Crippen molar-refractivity contribution in [2.24, 2.45) is 23.2 Å². The summed E-state index contributed by atoms with van der Waals surface area (Å²) in [5.74, 6) is 2.86. The van der Waals surface area contributed by atoms with E-state index in [-0.39, 0.29) is 0 Å². The lowest BCUT2D eigenvalue weighted by atomic mass is 9.72.